The van der Waals surface area contributed by atoms with Gasteiger partial charge in [0.2, 0.25) is 0 Å². The Balaban J connectivity index is 1.91. The average Bonchev–Trinajstić information content (AvgIpc) is 2.49. The zero-order chi connectivity index (χ0) is 17.0. The second-order valence-electron chi connectivity index (χ2n) is 6.55. The van der Waals surface area contributed by atoms with Crippen molar-refractivity contribution in [3.05, 3.63) is 28.8 Å². The highest BCUT2D eigenvalue weighted by Crippen LogP contribution is 2.24. The van der Waals surface area contributed by atoms with E-state index < -0.39 is 11.8 Å². The summed E-state index contributed by atoms with van der Waals surface area (Å²) >= 11 is 0. The number of aliphatic hydroxyl groups is 1. The number of carbonyl (C=O) groups is 2. The van der Waals surface area contributed by atoms with Crippen molar-refractivity contribution in [1.29, 1.82) is 0 Å². The van der Waals surface area contributed by atoms with Crippen LogP contribution in [-0.4, -0.2) is 29.6 Å². The fraction of sp³-hybridized carbons (Fsp3) is 0.556. The minimum Gasteiger partial charge on any atom is -0.393 e. The van der Waals surface area contributed by atoms with E-state index in [1.54, 1.807) is 0 Å². The van der Waals surface area contributed by atoms with Gasteiger partial charge in [0.25, 0.3) is 0 Å². The number of benzene rings is 1. The van der Waals surface area contributed by atoms with Gasteiger partial charge in [-0.15, -0.1) is 0 Å². The van der Waals surface area contributed by atoms with Crippen LogP contribution < -0.4 is 10.6 Å². The molecule has 1 fully saturated rings. The van der Waals surface area contributed by atoms with Crippen LogP contribution in [0.15, 0.2) is 12.1 Å². The summed E-state index contributed by atoms with van der Waals surface area (Å²) in [5, 5.41) is 15.2. The van der Waals surface area contributed by atoms with Crippen LogP contribution in [0.3, 0.4) is 0 Å². The maximum atomic E-state index is 12.1. The lowest BCUT2D eigenvalue weighted by atomic mass is 9.86. The van der Waals surface area contributed by atoms with E-state index >= 15 is 0 Å². The molecule has 2 unspecified atom stereocenters. The number of amides is 2. The van der Waals surface area contributed by atoms with Gasteiger partial charge in [0.15, 0.2) is 0 Å². The quantitative estimate of drug-likeness (QED) is 0.748. The molecule has 5 nitrogen and oxygen atoms in total. The third-order valence-electron chi connectivity index (χ3n) is 4.52. The Morgan fingerprint density at radius 1 is 1.09 bits per heavy atom. The van der Waals surface area contributed by atoms with Crippen LogP contribution in [0.1, 0.15) is 42.4 Å². The number of anilines is 1. The Kier molecular flexibility index (Phi) is 5.77. The van der Waals surface area contributed by atoms with Gasteiger partial charge in [0.1, 0.15) is 0 Å². The zero-order valence-corrected chi connectivity index (χ0v) is 14.1. The first-order valence-electron chi connectivity index (χ1n) is 8.23. The summed E-state index contributed by atoms with van der Waals surface area (Å²) in [6, 6.07) is 3.94. The maximum absolute atomic E-state index is 12.1. The number of aryl methyl sites for hydroxylation is 3. The number of hydrogen-bond acceptors (Lipinski definition) is 3. The van der Waals surface area contributed by atoms with Gasteiger partial charge in [-0.3, -0.25) is 9.59 Å². The third kappa shape index (κ3) is 4.55. The number of nitrogens with one attached hydrogen (secondary N) is 2. The lowest BCUT2D eigenvalue weighted by molar-refractivity contribution is -0.136. The van der Waals surface area contributed by atoms with Gasteiger partial charge < -0.3 is 15.7 Å². The average molecular weight is 318 g/mol. The molecule has 2 atom stereocenters. The van der Waals surface area contributed by atoms with Crippen LogP contribution >= 0.6 is 0 Å². The van der Waals surface area contributed by atoms with E-state index in [4.69, 9.17) is 0 Å². The zero-order valence-electron chi connectivity index (χ0n) is 14.1. The standard InChI is InChI=1S/C18H26N2O3/c1-11-8-12(2)16(13(3)9-11)20-18(23)17(22)19-10-14-6-4-5-7-15(14)21/h8-9,14-15,21H,4-7,10H2,1-3H3,(H,19,22)(H,20,23). The normalized spacial score (nSPS) is 20.9. The van der Waals surface area contributed by atoms with E-state index in [2.05, 4.69) is 10.6 Å². The molecule has 1 saturated carbocycles. The summed E-state index contributed by atoms with van der Waals surface area (Å²) in [7, 11) is 0. The van der Waals surface area contributed by atoms with Crippen molar-refractivity contribution in [2.45, 2.75) is 52.6 Å². The van der Waals surface area contributed by atoms with Gasteiger partial charge in [-0.25, -0.2) is 0 Å². The molecule has 0 saturated heterocycles. The van der Waals surface area contributed by atoms with Crippen LogP contribution in [0.25, 0.3) is 0 Å². The molecule has 1 aliphatic carbocycles. The summed E-state index contributed by atoms with van der Waals surface area (Å²) in [4.78, 5) is 24.1. The molecule has 0 heterocycles. The summed E-state index contributed by atoms with van der Waals surface area (Å²) in [6.45, 7) is 6.16. The molecule has 5 heteroatoms. The highest BCUT2D eigenvalue weighted by atomic mass is 16.3. The first kappa shape index (κ1) is 17.5. The molecule has 1 aliphatic rings. The Labute approximate surface area is 137 Å². The van der Waals surface area contributed by atoms with Crippen LogP contribution in [0, 0.1) is 26.7 Å². The predicted octanol–water partition coefficient (Wildman–Crippen LogP) is 2.22. The van der Waals surface area contributed by atoms with Crippen LogP contribution in [-0.2, 0) is 9.59 Å². The van der Waals surface area contributed by atoms with Crippen molar-refractivity contribution in [1.82, 2.24) is 5.32 Å². The van der Waals surface area contributed by atoms with Gasteiger partial charge in [-0.1, -0.05) is 30.5 Å². The van der Waals surface area contributed by atoms with Crippen molar-refractivity contribution in [2.24, 2.45) is 5.92 Å². The molecule has 0 aliphatic heterocycles. The second kappa shape index (κ2) is 7.59. The highest BCUT2D eigenvalue weighted by Gasteiger charge is 2.24. The van der Waals surface area contributed by atoms with Gasteiger partial charge in [-0.2, -0.15) is 0 Å². The molecule has 0 aromatic heterocycles. The van der Waals surface area contributed by atoms with Crippen molar-refractivity contribution >= 4 is 17.5 Å². The Bertz CT molecular complexity index is 575. The molecule has 2 rings (SSSR count). The maximum Gasteiger partial charge on any atom is 0.313 e. The predicted molar refractivity (Wildman–Crippen MR) is 90.3 cm³/mol. The van der Waals surface area contributed by atoms with Gasteiger partial charge in [0.05, 0.1) is 6.10 Å². The number of carbonyl (C=O) groups excluding carboxylic acids is 2. The lowest BCUT2D eigenvalue weighted by Gasteiger charge is -2.27. The Hall–Kier alpha value is -1.88. The van der Waals surface area contributed by atoms with E-state index in [0.29, 0.717) is 12.2 Å². The molecule has 0 radical (unpaired) electrons. The van der Waals surface area contributed by atoms with Gasteiger partial charge >= 0.3 is 11.8 Å². The van der Waals surface area contributed by atoms with Gasteiger partial charge in [0, 0.05) is 18.2 Å². The summed E-state index contributed by atoms with van der Waals surface area (Å²) in [6.07, 6.45) is 3.37. The first-order valence-corrected chi connectivity index (χ1v) is 8.23. The minimum atomic E-state index is -0.662. The molecule has 3 N–H and O–H groups in total. The minimum absolute atomic E-state index is 0.0448. The number of rotatable bonds is 3. The molecule has 1 aromatic rings. The fourth-order valence-corrected chi connectivity index (χ4v) is 3.28. The summed E-state index contributed by atoms with van der Waals surface area (Å²) < 4.78 is 0. The van der Waals surface area contributed by atoms with Crippen molar-refractivity contribution < 1.29 is 14.7 Å². The molecular formula is C18H26N2O3. The first-order chi connectivity index (χ1) is 10.9. The lowest BCUT2D eigenvalue weighted by Crippen LogP contribution is -2.41. The summed E-state index contributed by atoms with van der Waals surface area (Å²) in [5.74, 6) is -1.27. The van der Waals surface area contributed by atoms with Crippen molar-refractivity contribution in [2.75, 3.05) is 11.9 Å². The number of hydrogen-bond donors (Lipinski definition) is 3. The van der Waals surface area contributed by atoms with E-state index in [1.165, 1.54) is 0 Å². The molecule has 1 aromatic carbocycles. The Morgan fingerprint density at radius 2 is 1.70 bits per heavy atom. The molecule has 0 spiro atoms. The van der Waals surface area contributed by atoms with Crippen molar-refractivity contribution in [3.8, 4) is 0 Å². The van der Waals surface area contributed by atoms with E-state index in [1.807, 2.05) is 32.9 Å². The molecular weight excluding hydrogens is 292 g/mol. The van der Waals surface area contributed by atoms with Gasteiger partial charge in [-0.05, 0) is 44.7 Å². The van der Waals surface area contributed by atoms with Crippen LogP contribution in [0.5, 0.6) is 0 Å². The second-order valence-corrected chi connectivity index (χ2v) is 6.55. The molecule has 23 heavy (non-hydrogen) atoms. The van der Waals surface area contributed by atoms with Crippen LogP contribution in [0.4, 0.5) is 5.69 Å². The smallest absolute Gasteiger partial charge is 0.313 e. The third-order valence-corrected chi connectivity index (χ3v) is 4.52. The number of aliphatic hydroxyl groups excluding tert-OH is 1. The van der Waals surface area contributed by atoms with E-state index in [0.717, 1.165) is 42.4 Å². The van der Waals surface area contributed by atoms with E-state index in [-0.39, 0.29) is 12.0 Å². The molecule has 126 valence electrons. The SMILES string of the molecule is Cc1cc(C)c(NC(=O)C(=O)NCC2CCCCC2O)c(C)c1. The molecule has 2 amide bonds. The molecule has 0 bridgehead atoms. The van der Waals surface area contributed by atoms with E-state index in [9.17, 15) is 14.7 Å². The van der Waals surface area contributed by atoms with Crippen LogP contribution in [0.2, 0.25) is 0 Å². The summed E-state index contributed by atoms with van der Waals surface area (Å²) in [5.41, 5.74) is 3.68. The largest absolute Gasteiger partial charge is 0.393 e. The topological polar surface area (TPSA) is 78.4 Å². The fourth-order valence-electron chi connectivity index (χ4n) is 3.28. The van der Waals surface area contributed by atoms with Crippen molar-refractivity contribution in [3.63, 3.8) is 0 Å². The monoisotopic (exact) mass is 318 g/mol. The highest BCUT2D eigenvalue weighted by molar-refractivity contribution is 6.39. The Morgan fingerprint density at radius 3 is 2.30 bits per heavy atom.